The van der Waals surface area contributed by atoms with Gasteiger partial charge in [0.25, 0.3) is 0 Å². The number of sulfonamides is 1. The predicted octanol–water partition coefficient (Wildman–Crippen LogP) is 3.04. The maximum atomic E-state index is 11.8. The second-order valence-corrected chi connectivity index (χ2v) is 9.73. The van der Waals surface area contributed by atoms with Crippen LogP contribution in [0.1, 0.15) is 29.0 Å². The van der Waals surface area contributed by atoms with E-state index >= 15 is 0 Å². The Labute approximate surface area is 147 Å². The van der Waals surface area contributed by atoms with Crippen molar-refractivity contribution in [1.29, 1.82) is 0 Å². The highest BCUT2D eigenvalue weighted by molar-refractivity contribution is 7.88. The van der Waals surface area contributed by atoms with Gasteiger partial charge in [0.2, 0.25) is 10.0 Å². The lowest BCUT2D eigenvalue weighted by molar-refractivity contribution is 0.267. The Balaban J connectivity index is 1.75. The van der Waals surface area contributed by atoms with Crippen LogP contribution in [0.25, 0.3) is 10.7 Å². The molecule has 0 radical (unpaired) electrons. The monoisotopic (exact) mass is 365 g/mol. The van der Waals surface area contributed by atoms with Crippen molar-refractivity contribution in [1.82, 2.24) is 14.3 Å². The Morgan fingerprint density at radius 3 is 2.83 bits per heavy atom. The van der Waals surface area contributed by atoms with Crippen molar-refractivity contribution in [2.24, 2.45) is 5.92 Å². The van der Waals surface area contributed by atoms with Crippen LogP contribution >= 0.6 is 11.3 Å². The van der Waals surface area contributed by atoms with E-state index in [1.54, 1.807) is 15.6 Å². The van der Waals surface area contributed by atoms with Gasteiger partial charge in [-0.25, -0.2) is 17.7 Å². The fourth-order valence-corrected chi connectivity index (χ4v) is 4.95. The molecule has 0 bridgehead atoms. The zero-order valence-corrected chi connectivity index (χ0v) is 16.0. The van der Waals surface area contributed by atoms with Gasteiger partial charge in [-0.2, -0.15) is 0 Å². The van der Waals surface area contributed by atoms with Crippen LogP contribution in [-0.4, -0.2) is 42.0 Å². The molecule has 5 nitrogen and oxygen atoms in total. The van der Waals surface area contributed by atoms with Crippen molar-refractivity contribution in [3.05, 3.63) is 34.5 Å². The lowest BCUT2D eigenvalue weighted by Gasteiger charge is -2.31. The summed E-state index contributed by atoms with van der Waals surface area (Å²) in [6.45, 7) is 5.35. The molecule has 0 unspecified atom stereocenters. The van der Waals surface area contributed by atoms with Gasteiger partial charge in [0.15, 0.2) is 0 Å². The average Bonchev–Trinajstić information content (AvgIpc) is 2.87. The van der Waals surface area contributed by atoms with Gasteiger partial charge < -0.3 is 0 Å². The number of aryl methyl sites for hydroxylation is 2. The molecule has 2 aromatic rings. The summed E-state index contributed by atoms with van der Waals surface area (Å²) < 4.78 is 25.1. The van der Waals surface area contributed by atoms with Crippen LogP contribution in [0.5, 0.6) is 0 Å². The van der Waals surface area contributed by atoms with Gasteiger partial charge in [0.05, 0.1) is 17.6 Å². The summed E-state index contributed by atoms with van der Waals surface area (Å²) in [5.41, 5.74) is 3.16. The topological polar surface area (TPSA) is 63.2 Å². The Kier molecular flexibility index (Phi) is 5.03. The number of nitrogens with zero attached hydrogens (tertiary/aromatic N) is 3. The van der Waals surface area contributed by atoms with E-state index in [1.807, 2.05) is 19.2 Å². The van der Waals surface area contributed by atoms with E-state index in [9.17, 15) is 8.42 Å². The molecule has 1 saturated heterocycles. The molecule has 2 aromatic heterocycles. The molecule has 0 saturated carbocycles. The van der Waals surface area contributed by atoms with Gasteiger partial charge in [0.1, 0.15) is 5.01 Å². The van der Waals surface area contributed by atoms with Gasteiger partial charge >= 0.3 is 0 Å². The van der Waals surface area contributed by atoms with Gasteiger partial charge in [0, 0.05) is 24.2 Å². The lowest BCUT2D eigenvalue weighted by atomic mass is 9.92. The van der Waals surface area contributed by atoms with E-state index in [-0.39, 0.29) is 0 Å². The third kappa shape index (κ3) is 4.02. The highest BCUT2D eigenvalue weighted by Gasteiger charge is 2.26. The maximum absolute atomic E-state index is 11.8. The number of rotatable bonds is 4. The smallest absolute Gasteiger partial charge is 0.211 e. The number of hydrogen-bond acceptors (Lipinski definition) is 5. The second kappa shape index (κ2) is 6.90. The molecule has 130 valence electrons. The SMILES string of the molecule is Cc1nc(-c2cc(C[C@H]3CCCN(S(C)(=O)=O)C3)ccn2)sc1C. The first-order chi connectivity index (χ1) is 11.3. The highest BCUT2D eigenvalue weighted by Crippen LogP contribution is 2.28. The van der Waals surface area contributed by atoms with Crippen LogP contribution in [0.2, 0.25) is 0 Å². The average molecular weight is 366 g/mol. The summed E-state index contributed by atoms with van der Waals surface area (Å²) in [5.74, 6) is 0.364. The summed E-state index contributed by atoms with van der Waals surface area (Å²) in [5, 5.41) is 0.952. The molecule has 1 aliphatic heterocycles. The molecule has 0 N–H and O–H groups in total. The second-order valence-electron chi connectivity index (χ2n) is 6.54. The van der Waals surface area contributed by atoms with Gasteiger partial charge in [-0.3, -0.25) is 4.98 Å². The summed E-state index contributed by atoms with van der Waals surface area (Å²) in [6.07, 6.45) is 6.01. The Bertz CT molecular complexity index is 811. The molecule has 0 spiro atoms. The summed E-state index contributed by atoms with van der Waals surface area (Å²) in [7, 11) is -3.09. The molecule has 0 amide bonds. The quantitative estimate of drug-likeness (QED) is 0.835. The van der Waals surface area contributed by atoms with E-state index < -0.39 is 10.0 Å². The molecule has 3 heterocycles. The van der Waals surface area contributed by atoms with Crippen LogP contribution in [0, 0.1) is 19.8 Å². The van der Waals surface area contributed by atoms with E-state index in [0.717, 1.165) is 35.7 Å². The van der Waals surface area contributed by atoms with E-state index in [4.69, 9.17) is 0 Å². The summed E-state index contributed by atoms with van der Waals surface area (Å²) in [4.78, 5) is 10.3. The van der Waals surface area contributed by atoms with Crippen LogP contribution in [-0.2, 0) is 16.4 Å². The maximum Gasteiger partial charge on any atom is 0.211 e. The number of hydrogen-bond donors (Lipinski definition) is 0. The third-order valence-electron chi connectivity index (χ3n) is 4.55. The van der Waals surface area contributed by atoms with Crippen molar-refractivity contribution in [2.45, 2.75) is 33.1 Å². The molecule has 1 aliphatic rings. The fourth-order valence-electron chi connectivity index (χ4n) is 3.13. The first kappa shape index (κ1) is 17.5. The minimum Gasteiger partial charge on any atom is -0.254 e. The van der Waals surface area contributed by atoms with Crippen molar-refractivity contribution >= 4 is 21.4 Å². The van der Waals surface area contributed by atoms with Crippen LogP contribution in [0.4, 0.5) is 0 Å². The third-order valence-corrected chi connectivity index (χ3v) is 6.91. The summed E-state index contributed by atoms with van der Waals surface area (Å²) >= 11 is 1.66. The molecule has 0 aliphatic carbocycles. The first-order valence-corrected chi connectivity index (χ1v) is 10.8. The van der Waals surface area contributed by atoms with E-state index in [2.05, 4.69) is 23.0 Å². The number of pyridine rings is 1. The largest absolute Gasteiger partial charge is 0.254 e. The molecule has 3 rings (SSSR count). The molecular weight excluding hydrogens is 342 g/mol. The van der Waals surface area contributed by atoms with Crippen LogP contribution in [0.15, 0.2) is 18.3 Å². The minimum atomic E-state index is -3.09. The van der Waals surface area contributed by atoms with Crippen LogP contribution < -0.4 is 0 Å². The Morgan fingerprint density at radius 1 is 1.38 bits per heavy atom. The Morgan fingerprint density at radius 2 is 2.17 bits per heavy atom. The molecule has 0 aromatic carbocycles. The number of aromatic nitrogens is 2. The lowest BCUT2D eigenvalue weighted by Crippen LogP contribution is -2.39. The number of piperidine rings is 1. The van der Waals surface area contributed by atoms with Gasteiger partial charge in [-0.05, 0) is 56.7 Å². The summed E-state index contributed by atoms with van der Waals surface area (Å²) in [6, 6.07) is 4.12. The minimum absolute atomic E-state index is 0.364. The number of thiazole rings is 1. The molecule has 1 fully saturated rings. The van der Waals surface area contributed by atoms with Gasteiger partial charge in [-0.1, -0.05) is 0 Å². The van der Waals surface area contributed by atoms with Crippen LogP contribution in [0.3, 0.4) is 0 Å². The van der Waals surface area contributed by atoms with E-state index in [0.29, 0.717) is 19.0 Å². The normalized spacial score (nSPS) is 19.5. The van der Waals surface area contributed by atoms with Crippen molar-refractivity contribution in [2.75, 3.05) is 19.3 Å². The molecular formula is C17H23N3O2S2. The van der Waals surface area contributed by atoms with Gasteiger partial charge in [-0.15, -0.1) is 11.3 Å². The fraction of sp³-hybridized carbons (Fsp3) is 0.529. The van der Waals surface area contributed by atoms with Crippen molar-refractivity contribution in [3.8, 4) is 10.7 Å². The highest BCUT2D eigenvalue weighted by atomic mass is 32.2. The zero-order valence-electron chi connectivity index (χ0n) is 14.3. The molecule has 1 atom stereocenters. The van der Waals surface area contributed by atoms with Crippen molar-refractivity contribution in [3.63, 3.8) is 0 Å². The predicted molar refractivity (Wildman–Crippen MR) is 97.7 cm³/mol. The Hall–Kier alpha value is -1.31. The van der Waals surface area contributed by atoms with E-state index in [1.165, 1.54) is 16.7 Å². The standard InChI is InChI=1S/C17H23N3O2S2/c1-12-13(2)23-17(19-12)16-10-14(6-7-18-16)9-15-5-4-8-20(11-15)24(3,21)22/h6-7,10,15H,4-5,8-9,11H2,1-3H3/t15-/m1/s1. The molecule has 7 heteroatoms. The van der Waals surface area contributed by atoms with Crippen molar-refractivity contribution < 1.29 is 8.42 Å². The first-order valence-electron chi connectivity index (χ1n) is 8.17. The zero-order chi connectivity index (χ0) is 17.3. The molecule has 24 heavy (non-hydrogen) atoms.